The van der Waals surface area contributed by atoms with Crippen LogP contribution in [0.1, 0.15) is 38.8 Å². The Morgan fingerprint density at radius 2 is 1.21 bits per heavy atom. The number of aromatic hydroxyl groups is 2. The number of phenolic OH excluding ortho intramolecular Hbond substituents is 2. The number of nitrogens with two attached hydrogens (primary N) is 2. The summed E-state index contributed by atoms with van der Waals surface area (Å²) in [5.74, 6) is 0.844. The Morgan fingerprint density at radius 3 is 1.55 bits per heavy atom. The Morgan fingerprint density at radius 1 is 0.828 bits per heavy atom. The zero-order valence-corrected chi connectivity index (χ0v) is 17.4. The predicted molar refractivity (Wildman–Crippen MR) is 117 cm³/mol. The highest BCUT2D eigenvalue weighted by Crippen LogP contribution is 2.37. The van der Waals surface area contributed by atoms with E-state index in [0.717, 1.165) is 0 Å². The van der Waals surface area contributed by atoms with Crippen LogP contribution in [0.4, 0.5) is 0 Å². The van der Waals surface area contributed by atoms with E-state index >= 15 is 0 Å². The second-order valence-corrected chi connectivity index (χ2v) is 7.08. The topological polar surface area (TPSA) is 111 Å². The van der Waals surface area contributed by atoms with E-state index in [0.29, 0.717) is 47.2 Å². The third kappa shape index (κ3) is 4.96. The molecule has 0 aliphatic carbocycles. The van der Waals surface area contributed by atoms with Gasteiger partial charge in [-0.1, -0.05) is 24.3 Å². The molecule has 2 aromatic rings. The minimum atomic E-state index is -0.734. The highest BCUT2D eigenvalue weighted by molar-refractivity contribution is 5.67. The second kappa shape index (κ2) is 9.28. The Labute approximate surface area is 172 Å². The molecule has 29 heavy (non-hydrogen) atoms. The summed E-state index contributed by atoms with van der Waals surface area (Å²) in [5, 5.41) is 20.8. The SMILES string of the molecule is CCOc1cccc(C=C(N)C(C)(C)C(N)=Cc2cccc(OCC)c2O)c1O. The first-order chi connectivity index (χ1) is 13.7. The standard InChI is InChI=1S/C23H30N2O4/c1-5-28-17-11-7-9-15(21(17)26)13-19(24)23(3,4)20(25)14-16-10-8-12-18(22(16)27)29-6-2/h7-14,26-27H,5-6,24-25H2,1-4H3. The molecule has 0 amide bonds. The van der Waals surface area contributed by atoms with Gasteiger partial charge in [0.1, 0.15) is 0 Å². The van der Waals surface area contributed by atoms with E-state index in [-0.39, 0.29) is 11.5 Å². The molecule has 0 fully saturated rings. The molecule has 0 aliphatic rings. The molecule has 0 bridgehead atoms. The van der Waals surface area contributed by atoms with Gasteiger partial charge in [-0.15, -0.1) is 0 Å². The molecule has 0 radical (unpaired) electrons. The first-order valence-corrected chi connectivity index (χ1v) is 9.57. The van der Waals surface area contributed by atoms with Crippen LogP contribution in [-0.4, -0.2) is 23.4 Å². The van der Waals surface area contributed by atoms with Gasteiger partial charge >= 0.3 is 0 Å². The zero-order chi connectivity index (χ0) is 21.6. The summed E-state index contributed by atoms with van der Waals surface area (Å²) in [6.45, 7) is 8.33. The minimum absolute atomic E-state index is 0.0257. The summed E-state index contributed by atoms with van der Waals surface area (Å²) in [4.78, 5) is 0. The number of benzene rings is 2. The van der Waals surface area contributed by atoms with Crippen molar-refractivity contribution in [2.75, 3.05) is 13.2 Å². The molecule has 0 unspecified atom stereocenters. The van der Waals surface area contributed by atoms with Crippen molar-refractivity contribution in [3.05, 3.63) is 58.9 Å². The van der Waals surface area contributed by atoms with Crippen LogP contribution in [0.25, 0.3) is 12.2 Å². The lowest BCUT2D eigenvalue weighted by Gasteiger charge is -2.26. The lowest BCUT2D eigenvalue weighted by molar-refractivity contribution is 0.318. The fraction of sp³-hybridized carbons (Fsp3) is 0.304. The minimum Gasteiger partial charge on any atom is -0.504 e. The lowest BCUT2D eigenvalue weighted by Crippen LogP contribution is -2.27. The van der Waals surface area contributed by atoms with Crippen molar-refractivity contribution in [1.29, 1.82) is 0 Å². The quantitative estimate of drug-likeness (QED) is 0.530. The molecule has 6 N–H and O–H groups in total. The maximum absolute atomic E-state index is 10.4. The molecule has 6 heteroatoms. The number of para-hydroxylation sites is 2. The maximum Gasteiger partial charge on any atom is 0.165 e. The van der Waals surface area contributed by atoms with Crippen molar-refractivity contribution in [2.24, 2.45) is 16.9 Å². The molecule has 0 aliphatic heterocycles. The summed E-state index contributed by atoms with van der Waals surface area (Å²) in [7, 11) is 0. The van der Waals surface area contributed by atoms with Crippen LogP contribution < -0.4 is 20.9 Å². The van der Waals surface area contributed by atoms with Crippen molar-refractivity contribution in [1.82, 2.24) is 0 Å². The Kier molecular flexibility index (Phi) is 7.04. The van der Waals surface area contributed by atoms with E-state index < -0.39 is 5.41 Å². The van der Waals surface area contributed by atoms with Gasteiger partial charge in [-0.25, -0.2) is 0 Å². The fourth-order valence-electron chi connectivity index (χ4n) is 2.72. The third-order valence-electron chi connectivity index (χ3n) is 4.73. The predicted octanol–water partition coefficient (Wildman–Crippen LogP) is 4.22. The Hall–Kier alpha value is -3.28. The summed E-state index contributed by atoms with van der Waals surface area (Å²) < 4.78 is 10.8. The number of rotatable bonds is 8. The Bertz CT molecular complexity index is 844. The van der Waals surface area contributed by atoms with Crippen molar-refractivity contribution >= 4 is 12.2 Å². The monoisotopic (exact) mass is 398 g/mol. The molecule has 0 heterocycles. The normalized spacial score (nSPS) is 12.7. The summed E-state index contributed by atoms with van der Waals surface area (Å²) in [6.07, 6.45) is 3.35. The van der Waals surface area contributed by atoms with Crippen LogP contribution in [0.5, 0.6) is 23.0 Å². The van der Waals surface area contributed by atoms with Crippen LogP contribution in [0.15, 0.2) is 47.8 Å². The molecule has 0 aromatic heterocycles. The highest BCUT2D eigenvalue weighted by Gasteiger charge is 2.25. The lowest BCUT2D eigenvalue weighted by atomic mass is 9.84. The summed E-state index contributed by atoms with van der Waals surface area (Å²) in [5.41, 5.74) is 13.9. The van der Waals surface area contributed by atoms with Gasteiger partial charge in [-0.05, 0) is 52.0 Å². The molecule has 2 rings (SSSR count). The molecule has 0 spiro atoms. The zero-order valence-electron chi connectivity index (χ0n) is 17.4. The first kappa shape index (κ1) is 22.0. The average Bonchev–Trinajstić information content (AvgIpc) is 2.68. The van der Waals surface area contributed by atoms with E-state index in [9.17, 15) is 10.2 Å². The van der Waals surface area contributed by atoms with Gasteiger partial charge in [0.2, 0.25) is 0 Å². The molecule has 6 nitrogen and oxygen atoms in total. The van der Waals surface area contributed by atoms with Gasteiger partial charge in [-0.3, -0.25) is 0 Å². The number of hydrogen-bond donors (Lipinski definition) is 4. The van der Waals surface area contributed by atoms with Crippen LogP contribution in [0, 0.1) is 5.41 Å². The van der Waals surface area contributed by atoms with Crippen LogP contribution in [0.3, 0.4) is 0 Å². The van der Waals surface area contributed by atoms with Crippen molar-refractivity contribution in [3.63, 3.8) is 0 Å². The van der Waals surface area contributed by atoms with Crippen LogP contribution in [-0.2, 0) is 0 Å². The first-order valence-electron chi connectivity index (χ1n) is 9.57. The smallest absolute Gasteiger partial charge is 0.165 e. The fourth-order valence-corrected chi connectivity index (χ4v) is 2.72. The van der Waals surface area contributed by atoms with Gasteiger partial charge in [0, 0.05) is 27.9 Å². The molecular weight excluding hydrogens is 368 g/mol. The summed E-state index contributed by atoms with van der Waals surface area (Å²) >= 11 is 0. The van der Waals surface area contributed by atoms with E-state index in [4.69, 9.17) is 20.9 Å². The van der Waals surface area contributed by atoms with E-state index in [1.165, 1.54) is 0 Å². The number of hydrogen-bond acceptors (Lipinski definition) is 6. The third-order valence-corrected chi connectivity index (χ3v) is 4.73. The van der Waals surface area contributed by atoms with E-state index in [2.05, 4.69) is 0 Å². The largest absolute Gasteiger partial charge is 0.504 e. The molecule has 0 saturated heterocycles. The molecular formula is C23H30N2O4. The van der Waals surface area contributed by atoms with Crippen molar-refractivity contribution < 1.29 is 19.7 Å². The van der Waals surface area contributed by atoms with Crippen LogP contribution in [0.2, 0.25) is 0 Å². The van der Waals surface area contributed by atoms with Gasteiger partial charge < -0.3 is 31.2 Å². The molecule has 0 atom stereocenters. The molecule has 156 valence electrons. The van der Waals surface area contributed by atoms with Gasteiger partial charge in [0.15, 0.2) is 23.0 Å². The molecule has 2 aromatic carbocycles. The van der Waals surface area contributed by atoms with E-state index in [1.54, 1.807) is 48.6 Å². The second-order valence-electron chi connectivity index (χ2n) is 7.08. The Balaban J connectivity index is 2.39. The van der Waals surface area contributed by atoms with Crippen molar-refractivity contribution in [2.45, 2.75) is 27.7 Å². The van der Waals surface area contributed by atoms with Gasteiger partial charge in [0.25, 0.3) is 0 Å². The average molecular weight is 399 g/mol. The van der Waals surface area contributed by atoms with Crippen LogP contribution >= 0.6 is 0 Å². The maximum atomic E-state index is 10.4. The number of ether oxygens (including phenoxy) is 2. The number of phenols is 2. The molecule has 0 saturated carbocycles. The van der Waals surface area contributed by atoms with Gasteiger partial charge in [0.05, 0.1) is 13.2 Å². The van der Waals surface area contributed by atoms with E-state index in [1.807, 2.05) is 27.7 Å². The van der Waals surface area contributed by atoms with Crippen molar-refractivity contribution in [3.8, 4) is 23.0 Å². The highest BCUT2D eigenvalue weighted by atomic mass is 16.5. The van der Waals surface area contributed by atoms with Gasteiger partial charge in [-0.2, -0.15) is 0 Å². The summed E-state index contributed by atoms with van der Waals surface area (Å²) in [6, 6.07) is 10.5.